The second kappa shape index (κ2) is 6.06. The average molecular weight is 262 g/mol. The molecule has 2 atom stereocenters. The predicted octanol–water partition coefficient (Wildman–Crippen LogP) is 2.35. The predicted molar refractivity (Wildman–Crippen MR) is 74.9 cm³/mol. The highest BCUT2D eigenvalue weighted by atomic mass is 16.6. The average Bonchev–Trinajstić information content (AvgIpc) is 2.42. The summed E-state index contributed by atoms with van der Waals surface area (Å²) in [7, 11) is 2.10. The van der Waals surface area contributed by atoms with Crippen LogP contribution < -0.4 is 0 Å². The van der Waals surface area contributed by atoms with Gasteiger partial charge in [-0.05, 0) is 26.5 Å². The molecule has 0 spiro atoms. The van der Waals surface area contributed by atoms with E-state index in [1.54, 1.807) is 4.90 Å². The zero-order valence-corrected chi connectivity index (χ0v) is 11.9. The van der Waals surface area contributed by atoms with Gasteiger partial charge < -0.3 is 9.64 Å². The Hall–Kier alpha value is -1.55. The number of benzene rings is 1. The first kappa shape index (κ1) is 13.9. The van der Waals surface area contributed by atoms with Crippen LogP contribution >= 0.6 is 0 Å². The minimum atomic E-state index is -0.212. The van der Waals surface area contributed by atoms with Crippen molar-refractivity contribution in [3.63, 3.8) is 0 Å². The molecular weight excluding hydrogens is 240 g/mol. The molecule has 0 N–H and O–H groups in total. The number of ether oxygens (including phenoxy) is 1. The van der Waals surface area contributed by atoms with Crippen molar-refractivity contribution in [2.45, 2.75) is 32.5 Å². The number of hydrogen-bond donors (Lipinski definition) is 0. The Morgan fingerprint density at radius 1 is 1.21 bits per heavy atom. The van der Waals surface area contributed by atoms with Crippen LogP contribution in [-0.2, 0) is 11.3 Å². The minimum Gasteiger partial charge on any atom is -0.445 e. The van der Waals surface area contributed by atoms with Gasteiger partial charge in [0.05, 0.1) is 0 Å². The summed E-state index contributed by atoms with van der Waals surface area (Å²) in [6, 6.07) is 10.5. The SMILES string of the molecule is CC1CN(C(=O)OCc2ccccc2)CC(C)N1C. The van der Waals surface area contributed by atoms with E-state index in [4.69, 9.17) is 4.74 Å². The lowest BCUT2D eigenvalue weighted by Crippen LogP contribution is -2.56. The summed E-state index contributed by atoms with van der Waals surface area (Å²) >= 11 is 0. The Balaban J connectivity index is 1.87. The van der Waals surface area contributed by atoms with Gasteiger partial charge in [0.1, 0.15) is 6.61 Å². The number of likely N-dealkylation sites (N-methyl/N-ethyl adjacent to an activating group) is 1. The van der Waals surface area contributed by atoms with E-state index in [0.29, 0.717) is 18.7 Å². The highest BCUT2D eigenvalue weighted by molar-refractivity contribution is 5.67. The molecule has 1 aliphatic rings. The zero-order chi connectivity index (χ0) is 13.8. The number of carbonyl (C=O) groups is 1. The monoisotopic (exact) mass is 262 g/mol. The van der Waals surface area contributed by atoms with Crippen LogP contribution in [0, 0.1) is 0 Å². The van der Waals surface area contributed by atoms with Gasteiger partial charge in [0.2, 0.25) is 0 Å². The summed E-state index contributed by atoms with van der Waals surface area (Å²) in [4.78, 5) is 16.2. The van der Waals surface area contributed by atoms with E-state index in [1.807, 2.05) is 30.3 Å². The summed E-state index contributed by atoms with van der Waals surface area (Å²) in [5.41, 5.74) is 1.02. The van der Waals surface area contributed by atoms with Crippen molar-refractivity contribution in [3.05, 3.63) is 35.9 Å². The molecule has 104 valence electrons. The van der Waals surface area contributed by atoms with Crippen molar-refractivity contribution in [3.8, 4) is 0 Å². The normalized spacial score (nSPS) is 24.3. The van der Waals surface area contributed by atoms with E-state index in [2.05, 4.69) is 25.8 Å². The molecule has 2 rings (SSSR count). The smallest absolute Gasteiger partial charge is 0.410 e. The maximum absolute atomic E-state index is 12.1. The standard InChI is InChI=1S/C15H22N2O2/c1-12-9-17(10-13(2)16(12)3)15(18)19-11-14-7-5-4-6-8-14/h4-8,12-13H,9-11H2,1-3H3. The van der Waals surface area contributed by atoms with Gasteiger partial charge in [0.25, 0.3) is 0 Å². The van der Waals surface area contributed by atoms with Crippen LogP contribution in [0.3, 0.4) is 0 Å². The molecule has 1 aromatic rings. The van der Waals surface area contributed by atoms with Gasteiger partial charge in [-0.2, -0.15) is 0 Å². The molecule has 1 heterocycles. The molecule has 0 radical (unpaired) electrons. The van der Waals surface area contributed by atoms with Gasteiger partial charge in [-0.3, -0.25) is 4.90 Å². The Morgan fingerprint density at radius 3 is 2.37 bits per heavy atom. The topological polar surface area (TPSA) is 32.8 Å². The first-order chi connectivity index (χ1) is 9.08. The fourth-order valence-corrected chi connectivity index (χ4v) is 2.36. The minimum absolute atomic E-state index is 0.212. The Morgan fingerprint density at radius 2 is 1.79 bits per heavy atom. The quantitative estimate of drug-likeness (QED) is 0.820. The van der Waals surface area contributed by atoms with Crippen molar-refractivity contribution in [2.24, 2.45) is 0 Å². The van der Waals surface area contributed by atoms with E-state index in [0.717, 1.165) is 18.7 Å². The van der Waals surface area contributed by atoms with E-state index >= 15 is 0 Å². The molecule has 19 heavy (non-hydrogen) atoms. The number of piperazine rings is 1. The van der Waals surface area contributed by atoms with Crippen molar-refractivity contribution in [2.75, 3.05) is 20.1 Å². The second-order valence-electron chi connectivity index (χ2n) is 5.31. The first-order valence-electron chi connectivity index (χ1n) is 6.75. The molecule has 0 aliphatic carbocycles. The summed E-state index contributed by atoms with van der Waals surface area (Å²) < 4.78 is 5.37. The van der Waals surface area contributed by atoms with Crippen molar-refractivity contribution in [1.29, 1.82) is 0 Å². The first-order valence-corrected chi connectivity index (χ1v) is 6.75. The highest BCUT2D eigenvalue weighted by Crippen LogP contribution is 2.14. The van der Waals surface area contributed by atoms with E-state index in [1.165, 1.54) is 0 Å². The van der Waals surface area contributed by atoms with Crippen LogP contribution in [0.15, 0.2) is 30.3 Å². The fourth-order valence-electron chi connectivity index (χ4n) is 2.36. The Bertz CT molecular complexity index is 409. The molecule has 1 fully saturated rings. The van der Waals surface area contributed by atoms with E-state index < -0.39 is 0 Å². The van der Waals surface area contributed by atoms with Crippen LogP contribution in [0.4, 0.5) is 4.79 Å². The number of amides is 1. The molecule has 1 aliphatic heterocycles. The van der Waals surface area contributed by atoms with Crippen molar-refractivity contribution >= 4 is 6.09 Å². The van der Waals surface area contributed by atoms with Gasteiger partial charge in [0.15, 0.2) is 0 Å². The fraction of sp³-hybridized carbons (Fsp3) is 0.533. The largest absolute Gasteiger partial charge is 0.445 e. The van der Waals surface area contributed by atoms with Crippen LogP contribution in [0.25, 0.3) is 0 Å². The van der Waals surface area contributed by atoms with Gasteiger partial charge in [-0.15, -0.1) is 0 Å². The lowest BCUT2D eigenvalue weighted by atomic mass is 10.1. The van der Waals surface area contributed by atoms with E-state index in [9.17, 15) is 4.79 Å². The number of rotatable bonds is 2. The van der Waals surface area contributed by atoms with Gasteiger partial charge in [-0.1, -0.05) is 30.3 Å². The number of carbonyl (C=O) groups excluding carboxylic acids is 1. The van der Waals surface area contributed by atoms with Crippen LogP contribution in [0.5, 0.6) is 0 Å². The molecule has 4 heteroatoms. The van der Waals surface area contributed by atoms with Crippen molar-refractivity contribution < 1.29 is 9.53 Å². The van der Waals surface area contributed by atoms with Crippen LogP contribution in [-0.4, -0.2) is 48.1 Å². The second-order valence-corrected chi connectivity index (χ2v) is 5.31. The summed E-state index contributed by atoms with van der Waals surface area (Å²) in [6.07, 6.45) is -0.212. The maximum Gasteiger partial charge on any atom is 0.410 e. The third-order valence-electron chi connectivity index (χ3n) is 3.82. The molecule has 1 aromatic carbocycles. The molecule has 0 bridgehead atoms. The molecule has 0 saturated carbocycles. The third kappa shape index (κ3) is 3.47. The summed E-state index contributed by atoms with van der Waals surface area (Å²) in [5.74, 6) is 0. The zero-order valence-electron chi connectivity index (χ0n) is 11.9. The highest BCUT2D eigenvalue weighted by Gasteiger charge is 2.29. The third-order valence-corrected chi connectivity index (χ3v) is 3.82. The Labute approximate surface area is 115 Å². The molecule has 4 nitrogen and oxygen atoms in total. The van der Waals surface area contributed by atoms with Crippen LogP contribution in [0.1, 0.15) is 19.4 Å². The molecule has 1 amide bonds. The summed E-state index contributed by atoms with van der Waals surface area (Å²) in [6.45, 7) is 6.07. The lowest BCUT2D eigenvalue weighted by molar-refractivity contribution is 0.0379. The number of hydrogen-bond acceptors (Lipinski definition) is 3. The van der Waals surface area contributed by atoms with Crippen molar-refractivity contribution in [1.82, 2.24) is 9.80 Å². The molecule has 2 unspecified atom stereocenters. The maximum atomic E-state index is 12.1. The van der Waals surface area contributed by atoms with Gasteiger partial charge >= 0.3 is 6.09 Å². The number of nitrogens with zero attached hydrogens (tertiary/aromatic N) is 2. The Kier molecular flexibility index (Phi) is 4.43. The molecule has 0 aromatic heterocycles. The lowest BCUT2D eigenvalue weighted by Gasteiger charge is -2.41. The van der Waals surface area contributed by atoms with Crippen LogP contribution in [0.2, 0.25) is 0 Å². The van der Waals surface area contributed by atoms with E-state index in [-0.39, 0.29) is 6.09 Å². The molecular formula is C15H22N2O2. The van der Waals surface area contributed by atoms with Gasteiger partial charge in [-0.25, -0.2) is 4.79 Å². The molecule has 1 saturated heterocycles. The summed E-state index contributed by atoms with van der Waals surface area (Å²) in [5, 5.41) is 0. The van der Waals surface area contributed by atoms with Gasteiger partial charge in [0, 0.05) is 25.2 Å².